The summed E-state index contributed by atoms with van der Waals surface area (Å²) in [5.74, 6) is -2.76. The van der Waals surface area contributed by atoms with Gasteiger partial charge in [0.1, 0.15) is 0 Å². The van der Waals surface area contributed by atoms with E-state index in [1.165, 1.54) is 14.1 Å². The number of rotatable bonds is 4. The molecule has 0 amide bonds. The summed E-state index contributed by atoms with van der Waals surface area (Å²) in [6.45, 7) is 0. The van der Waals surface area contributed by atoms with Crippen LogP contribution in [0.5, 0.6) is 0 Å². The molecule has 0 aliphatic heterocycles. The van der Waals surface area contributed by atoms with Gasteiger partial charge in [-0.15, -0.1) is 0 Å². The van der Waals surface area contributed by atoms with Crippen molar-refractivity contribution in [1.29, 1.82) is 0 Å². The summed E-state index contributed by atoms with van der Waals surface area (Å²) in [5.41, 5.74) is -0.672. The number of hydrogen-bond donors (Lipinski definition) is 4. The van der Waals surface area contributed by atoms with E-state index in [4.69, 9.17) is 10.2 Å². The minimum atomic E-state index is -1.29. The fourth-order valence-electron chi connectivity index (χ4n) is 1.08. The first-order valence-corrected chi connectivity index (χ1v) is 4.25. The van der Waals surface area contributed by atoms with Gasteiger partial charge in [-0.05, 0) is 0 Å². The molecule has 0 aliphatic rings. The Labute approximate surface area is 90.3 Å². The molecule has 16 heavy (non-hydrogen) atoms. The van der Waals surface area contributed by atoms with Crippen LogP contribution in [-0.2, 0) is 0 Å². The summed E-state index contributed by atoms with van der Waals surface area (Å²) in [4.78, 5) is 29.0. The highest BCUT2D eigenvalue weighted by Gasteiger charge is 2.20. The predicted octanol–water partition coefficient (Wildman–Crippen LogP) is -0.0436. The summed E-state index contributed by atoms with van der Waals surface area (Å²) in [5, 5.41) is 22.6. The number of nitrogens with zero attached hydrogens (tertiary/aromatic N) is 2. The fraction of sp³-hybridized carbons (Fsp3) is 0.250. The Balaban J connectivity index is 3.46. The van der Waals surface area contributed by atoms with E-state index in [1.54, 1.807) is 0 Å². The van der Waals surface area contributed by atoms with Crippen LogP contribution in [0.3, 0.4) is 0 Å². The van der Waals surface area contributed by atoms with E-state index < -0.39 is 11.9 Å². The molecule has 1 heterocycles. The predicted molar refractivity (Wildman–Crippen MR) is 55.0 cm³/mol. The van der Waals surface area contributed by atoms with E-state index in [2.05, 4.69) is 20.6 Å². The number of aromatic nitrogens is 2. The van der Waals surface area contributed by atoms with Gasteiger partial charge in [-0.3, -0.25) is 0 Å². The van der Waals surface area contributed by atoms with Crippen molar-refractivity contribution in [3.63, 3.8) is 0 Å². The van der Waals surface area contributed by atoms with Crippen LogP contribution in [0.15, 0.2) is 0 Å². The Bertz CT molecular complexity index is 404. The molecule has 0 saturated carbocycles. The van der Waals surface area contributed by atoms with Gasteiger partial charge in [-0.25, -0.2) is 19.6 Å². The molecule has 0 aromatic carbocycles. The van der Waals surface area contributed by atoms with E-state index in [0.29, 0.717) is 0 Å². The normalized spacial score (nSPS) is 9.62. The molecule has 86 valence electrons. The molecule has 0 unspecified atom stereocenters. The summed E-state index contributed by atoms with van der Waals surface area (Å²) in [7, 11) is 2.86. The Kier molecular flexibility index (Phi) is 3.24. The van der Waals surface area contributed by atoms with E-state index >= 15 is 0 Å². The van der Waals surface area contributed by atoms with Crippen LogP contribution in [-0.4, -0.2) is 46.2 Å². The zero-order valence-electron chi connectivity index (χ0n) is 8.61. The van der Waals surface area contributed by atoms with Crippen LogP contribution in [0.2, 0.25) is 0 Å². The van der Waals surface area contributed by atoms with Crippen LogP contribution in [0.25, 0.3) is 0 Å². The monoisotopic (exact) mass is 226 g/mol. The number of carboxylic acid groups (broad SMARTS) is 2. The second-order valence-electron chi connectivity index (χ2n) is 2.73. The molecule has 0 radical (unpaired) electrons. The number of hydrogen-bond acceptors (Lipinski definition) is 6. The molecule has 4 N–H and O–H groups in total. The van der Waals surface area contributed by atoms with E-state index in [-0.39, 0.29) is 23.0 Å². The first-order chi connectivity index (χ1) is 7.51. The molecule has 0 spiro atoms. The number of aromatic carboxylic acids is 2. The lowest BCUT2D eigenvalue weighted by Gasteiger charge is -2.08. The Morgan fingerprint density at radius 2 is 1.25 bits per heavy atom. The van der Waals surface area contributed by atoms with Crippen molar-refractivity contribution in [2.24, 2.45) is 0 Å². The maximum absolute atomic E-state index is 10.8. The van der Waals surface area contributed by atoms with E-state index in [1.807, 2.05) is 0 Å². The summed E-state index contributed by atoms with van der Waals surface area (Å²) < 4.78 is 0. The molecule has 1 rings (SSSR count). The third-order valence-corrected chi connectivity index (χ3v) is 1.77. The Hall–Kier alpha value is -2.38. The molecule has 8 heteroatoms. The molecule has 0 saturated heterocycles. The maximum atomic E-state index is 10.8. The van der Waals surface area contributed by atoms with Crippen LogP contribution in [0.1, 0.15) is 21.0 Å². The van der Waals surface area contributed by atoms with Crippen molar-refractivity contribution in [2.45, 2.75) is 0 Å². The lowest BCUT2D eigenvalue weighted by atomic mass is 10.3. The molecule has 0 atom stereocenters. The average molecular weight is 226 g/mol. The molecule has 0 aliphatic carbocycles. The maximum Gasteiger partial charge on any atom is 0.358 e. The van der Waals surface area contributed by atoms with E-state index in [0.717, 1.165) is 0 Å². The lowest BCUT2D eigenvalue weighted by Crippen LogP contribution is -2.15. The molecular weight excluding hydrogens is 216 g/mol. The molecule has 0 fully saturated rings. The van der Waals surface area contributed by atoms with Gasteiger partial charge in [0.25, 0.3) is 0 Å². The zero-order valence-corrected chi connectivity index (χ0v) is 8.61. The highest BCUT2D eigenvalue weighted by atomic mass is 16.4. The minimum absolute atomic E-state index is 0.0936. The second kappa shape index (κ2) is 4.43. The molecule has 0 bridgehead atoms. The first-order valence-electron chi connectivity index (χ1n) is 4.25. The quantitative estimate of drug-likeness (QED) is 0.563. The summed E-state index contributed by atoms with van der Waals surface area (Å²) in [6, 6.07) is 0. The van der Waals surface area contributed by atoms with Crippen LogP contribution in [0.4, 0.5) is 11.6 Å². The van der Waals surface area contributed by atoms with Gasteiger partial charge in [0.05, 0.1) is 0 Å². The Morgan fingerprint density at radius 1 is 0.938 bits per heavy atom. The van der Waals surface area contributed by atoms with Crippen molar-refractivity contribution in [1.82, 2.24) is 9.97 Å². The van der Waals surface area contributed by atoms with Crippen molar-refractivity contribution in [3.05, 3.63) is 11.4 Å². The Morgan fingerprint density at radius 3 is 1.44 bits per heavy atom. The fourth-order valence-corrected chi connectivity index (χ4v) is 1.08. The standard InChI is InChI=1S/C8H10N4O4/c1-9-5-3(7(13)14)12-6(10-2)4(11-5)8(15)16/h1-2H3,(H,9,11)(H,10,12)(H,13,14)(H,15,16). The number of carbonyl (C=O) groups is 2. The van der Waals surface area contributed by atoms with Crippen molar-refractivity contribution in [3.8, 4) is 0 Å². The molecule has 1 aromatic heterocycles. The molecule has 8 nitrogen and oxygen atoms in total. The number of carboxylic acids is 2. The molecule has 1 aromatic rings. The van der Waals surface area contributed by atoms with Crippen LogP contribution >= 0.6 is 0 Å². The van der Waals surface area contributed by atoms with Crippen LogP contribution < -0.4 is 10.6 Å². The summed E-state index contributed by atoms with van der Waals surface area (Å²) >= 11 is 0. The van der Waals surface area contributed by atoms with Crippen molar-refractivity contribution >= 4 is 23.6 Å². The number of nitrogens with one attached hydrogen (secondary N) is 2. The largest absolute Gasteiger partial charge is 0.476 e. The second-order valence-corrected chi connectivity index (χ2v) is 2.73. The van der Waals surface area contributed by atoms with Gasteiger partial charge in [0.2, 0.25) is 0 Å². The van der Waals surface area contributed by atoms with Crippen molar-refractivity contribution in [2.75, 3.05) is 24.7 Å². The smallest absolute Gasteiger partial charge is 0.358 e. The van der Waals surface area contributed by atoms with E-state index in [9.17, 15) is 9.59 Å². The van der Waals surface area contributed by atoms with Gasteiger partial charge in [0, 0.05) is 14.1 Å². The van der Waals surface area contributed by atoms with Crippen molar-refractivity contribution < 1.29 is 19.8 Å². The average Bonchev–Trinajstić information content (AvgIpc) is 2.26. The zero-order chi connectivity index (χ0) is 12.3. The highest BCUT2D eigenvalue weighted by molar-refractivity contribution is 5.96. The third-order valence-electron chi connectivity index (χ3n) is 1.77. The van der Waals surface area contributed by atoms with Gasteiger partial charge < -0.3 is 20.8 Å². The van der Waals surface area contributed by atoms with Gasteiger partial charge >= 0.3 is 11.9 Å². The highest BCUT2D eigenvalue weighted by Crippen LogP contribution is 2.17. The first kappa shape index (κ1) is 11.7. The minimum Gasteiger partial charge on any atom is -0.476 e. The lowest BCUT2D eigenvalue weighted by molar-refractivity contribution is 0.0673. The molecular formula is C8H10N4O4. The third kappa shape index (κ3) is 2.00. The van der Waals surface area contributed by atoms with Gasteiger partial charge in [-0.1, -0.05) is 0 Å². The summed E-state index contributed by atoms with van der Waals surface area (Å²) in [6.07, 6.45) is 0. The topological polar surface area (TPSA) is 124 Å². The SMILES string of the molecule is CNc1nc(C(=O)O)c(NC)nc1C(=O)O. The van der Waals surface area contributed by atoms with Gasteiger partial charge in [0.15, 0.2) is 23.0 Å². The van der Waals surface area contributed by atoms with Gasteiger partial charge in [-0.2, -0.15) is 0 Å². The number of anilines is 2. The van der Waals surface area contributed by atoms with Crippen LogP contribution in [0, 0.1) is 0 Å².